The second-order valence-electron chi connectivity index (χ2n) is 9.78. The predicted molar refractivity (Wildman–Crippen MR) is 131 cm³/mol. The Labute approximate surface area is 212 Å². The summed E-state index contributed by atoms with van der Waals surface area (Å²) >= 11 is 0. The van der Waals surface area contributed by atoms with Gasteiger partial charge >= 0.3 is 0 Å². The highest BCUT2D eigenvalue weighted by Gasteiger charge is 2.58. The maximum Gasteiger partial charge on any atom is 0.270 e. The SMILES string of the molecule is Cc1c(-c2cc(O[C@H](C)c3ccccn3)c3c(c2)ncn3C2CC2(F)F)nnn1C1CCN(C#N)CC1. The van der Waals surface area contributed by atoms with E-state index < -0.39 is 18.1 Å². The summed E-state index contributed by atoms with van der Waals surface area (Å²) in [5, 5.41) is 18.1. The number of likely N-dealkylation sites (tertiary alicyclic amines) is 1. The first-order valence-corrected chi connectivity index (χ1v) is 12.4. The minimum atomic E-state index is -2.75. The van der Waals surface area contributed by atoms with Crippen molar-refractivity contribution in [2.24, 2.45) is 0 Å². The van der Waals surface area contributed by atoms with E-state index in [1.165, 1.54) is 10.9 Å². The lowest BCUT2D eigenvalue weighted by Gasteiger charge is -2.28. The van der Waals surface area contributed by atoms with Crippen molar-refractivity contribution in [3.8, 4) is 23.2 Å². The van der Waals surface area contributed by atoms with Gasteiger partial charge in [-0.1, -0.05) is 11.3 Å². The molecule has 4 aromatic rings. The second kappa shape index (κ2) is 8.80. The molecule has 1 aromatic carbocycles. The van der Waals surface area contributed by atoms with Gasteiger partial charge in [-0.05, 0) is 51.0 Å². The molecule has 6 rings (SSSR count). The molecule has 2 fully saturated rings. The molecule has 11 heteroatoms. The van der Waals surface area contributed by atoms with Gasteiger partial charge in [0, 0.05) is 31.3 Å². The molecular formula is C26H26F2N8O. The summed E-state index contributed by atoms with van der Waals surface area (Å²) in [6.07, 6.45) is 6.36. The molecule has 37 heavy (non-hydrogen) atoms. The van der Waals surface area contributed by atoms with E-state index in [1.807, 2.05) is 48.9 Å². The Morgan fingerprint density at radius 3 is 2.65 bits per heavy atom. The third-order valence-electron chi connectivity index (χ3n) is 7.32. The summed E-state index contributed by atoms with van der Waals surface area (Å²) in [6.45, 7) is 5.22. The monoisotopic (exact) mass is 504 g/mol. The van der Waals surface area contributed by atoms with Gasteiger partial charge in [0.05, 0.1) is 29.3 Å². The zero-order valence-electron chi connectivity index (χ0n) is 20.6. The van der Waals surface area contributed by atoms with E-state index in [9.17, 15) is 8.78 Å². The van der Waals surface area contributed by atoms with Crippen LogP contribution in [0.3, 0.4) is 0 Å². The Morgan fingerprint density at radius 1 is 1.19 bits per heavy atom. The van der Waals surface area contributed by atoms with Crippen LogP contribution < -0.4 is 4.74 Å². The summed E-state index contributed by atoms with van der Waals surface area (Å²) < 4.78 is 37.9. The second-order valence-corrected chi connectivity index (χ2v) is 9.78. The van der Waals surface area contributed by atoms with Crippen molar-refractivity contribution >= 4 is 11.0 Å². The van der Waals surface area contributed by atoms with Gasteiger partial charge in [-0.2, -0.15) is 5.26 Å². The quantitative estimate of drug-likeness (QED) is 0.347. The lowest BCUT2D eigenvalue weighted by atomic mass is 10.0. The average molecular weight is 505 g/mol. The topological polar surface area (TPSA) is 97.7 Å². The number of imidazole rings is 1. The molecule has 3 aromatic heterocycles. The fraction of sp³-hybridized carbons (Fsp3) is 0.423. The normalized spacial score (nSPS) is 20.1. The van der Waals surface area contributed by atoms with E-state index in [2.05, 4.69) is 26.5 Å². The number of fused-ring (bicyclic) bond motifs is 1. The van der Waals surface area contributed by atoms with Crippen LogP contribution in [-0.2, 0) is 0 Å². The third-order valence-corrected chi connectivity index (χ3v) is 7.32. The first-order chi connectivity index (χ1) is 17.9. The van der Waals surface area contributed by atoms with E-state index in [1.54, 1.807) is 11.1 Å². The number of halogens is 2. The van der Waals surface area contributed by atoms with Crippen LogP contribution in [-0.4, -0.2) is 53.4 Å². The van der Waals surface area contributed by atoms with Crippen molar-refractivity contribution < 1.29 is 13.5 Å². The largest absolute Gasteiger partial charge is 0.482 e. The van der Waals surface area contributed by atoms with E-state index in [0.29, 0.717) is 35.6 Å². The fourth-order valence-corrected chi connectivity index (χ4v) is 5.13. The fourth-order valence-electron chi connectivity index (χ4n) is 5.13. The molecule has 0 spiro atoms. The molecule has 1 unspecified atom stereocenters. The van der Waals surface area contributed by atoms with E-state index >= 15 is 0 Å². The number of hydrogen-bond acceptors (Lipinski definition) is 7. The zero-order valence-corrected chi connectivity index (χ0v) is 20.6. The Hall–Kier alpha value is -4.07. The summed E-state index contributed by atoms with van der Waals surface area (Å²) in [7, 11) is 0. The van der Waals surface area contributed by atoms with Crippen LogP contribution in [0.2, 0.25) is 0 Å². The highest BCUT2D eigenvalue weighted by molar-refractivity contribution is 5.88. The molecule has 190 valence electrons. The molecule has 0 N–H and O–H groups in total. The summed E-state index contributed by atoms with van der Waals surface area (Å²) in [5.74, 6) is -2.31. The van der Waals surface area contributed by atoms with Gasteiger partial charge in [-0.25, -0.2) is 18.4 Å². The minimum absolute atomic E-state index is 0.158. The van der Waals surface area contributed by atoms with Crippen LogP contribution in [0.4, 0.5) is 8.78 Å². The van der Waals surface area contributed by atoms with Gasteiger partial charge in [0.25, 0.3) is 5.92 Å². The molecule has 1 aliphatic carbocycles. The van der Waals surface area contributed by atoms with Crippen LogP contribution in [0.1, 0.15) is 55.8 Å². The van der Waals surface area contributed by atoms with Crippen molar-refractivity contribution in [2.45, 2.75) is 57.2 Å². The predicted octanol–water partition coefficient (Wildman–Crippen LogP) is 4.84. The first kappa shape index (κ1) is 23.3. The van der Waals surface area contributed by atoms with Gasteiger partial charge in [0.2, 0.25) is 0 Å². The number of benzene rings is 1. The molecule has 9 nitrogen and oxygen atoms in total. The molecule has 1 saturated heterocycles. The molecule has 0 radical (unpaired) electrons. The van der Waals surface area contributed by atoms with Gasteiger partial charge in [0.1, 0.15) is 29.1 Å². The Balaban J connectivity index is 1.39. The van der Waals surface area contributed by atoms with Crippen LogP contribution >= 0.6 is 0 Å². The highest BCUT2D eigenvalue weighted by Crippen LogP contribution is 2.54. The number of rotatable bonds is 6. The Morgan fingerprint density at radius 2 is 1.97 bits per heavy atom. The summed E-state index contributed by atoms with van der Waals surface area (Å²) in [6, 6.07) is 8.49. The lowest BCUT2D eigenvalue weighted by Crippen LogP contribution is -2.31. The maximum absolute atomic E-state index is 14.0. The van der Waals surface area contributed by atoms with Gasteiger partial charge in [0.15, 0.2) is 6.19 Å². The van der Waals surface area contributed by atoms with E-state index in [4.69, 9.17) is 10.00 Å². The average Bonchev–Trinajstić information content (AvgIpc) is 3.21. The number of nitriles is 1. The van der Waals surface area contributed by atoms with Gasteiger partial charge < -0.3 is 14.2 Å². The van der Waals surface area contributed by atoms with Crippen molar-refractivity contribution in [1.29, 1.82) is 5.26 Å². The number of ether oxygens (including phenoxy) is 1. The smallest absolute Gasteiger partial charge is 0.270 e. The van der Waals surface area contributed by atoms with Crippen LogP contribution in [0.15, 0.2) is 42.9 Å². The summed E-state index contributed by atoms with van der Waals surface area (Å²) in [4.78, 5) is 10.6. The zero-order chi connectivity index (χ0) is 25.7. The van der Waals surface area contributed by atoms with Crippen LogP contribution in [0, 0.1) is 18.4 Å². The molecule has 4 heterocycles. The first-order valence-electron chi connectivity index (χ1n) is 12.4. The number of hydrogen-bond donors (Lipinski definition) is 0. The standard InChI is InChI=1S/C26H26F2N8O/c1-16-24(32-33-36(16)19-6-9-34(14-29)10-7-19)18-11-21-25(35(15-31-21)23-13-26(23,27)28)22(12-18)37-17(2)20-5-3-4-8-30-20/h3-5,8,11-12,15,17,19,23H,6-7,9-10,13H2,1-2H3/t17-,23?/m1/s1. The highest BCUT2D eigenvalue weighted by atomic mass is 19.3. The minimum Gasteiger partial charge on any atom is -0.482 e. The molecule has 2 atom stereocenters. The number of nitrogens with zero attached hydrogens (tertiary/aromatic N) is 8. The number of alkyl halides is 2. The summed E-state index contributed by atoms with van der Waals surface area (Å²) in [5.41, 5.74) is 4.15. The number of aromatic nitrogens is 6. The van der Waals surface area contributed by atoms with Crippen LogP contribution in [0.25, 0.3) is 22.3 Å². The lowest BCUT2D eigenvalue weighted by molar-refractivity contribution is 0.101. The van der Waals surface area contributed by atoms with Crippen molar-refractivity contribution in [3.63, 3.8) is 0 Å². The number of piperidine rings is 1. The number of pyridine rings is 1. The van der Waals surface area contributed by atoms with E-state index in [-0.39, 0.29) is 12.5 Å². The molecule has 1 aliphatic heterocycles. The molecule has 1 saturated carbocycles. The Kier molecular flexibility index (Phi) is 5.55. The Bertz CT molecular complexity index is 1480. The van der Waals surface area contributed by atoms with E-state index in [0.717, 1.165) is 29.8 Å². The van der Waals surface area contributed by atoms with Gasteiger partial charge in [-0.3, -0.25) is 4.98 Å². The molecule has 0 amide bonds. The van der Waals surface area contributed by atoms with Crippen LogP contribution in [0.5, 0.6) is 5.75 Å². The molecule has 0 bridgehead atoms. The molecular weight excluding hydrogens is 478 g/mol. The third kappa shape index (κ3) is 4.16. The van der Waals surface area contributed by atoms with Crippen molar-refractivity contribution in [3.05, 3.63) is 54.2 Å². The van der Waals surface area contributed by atoms with Crippen molar-refractivity contribution in [1.82, 2.24) is 34.4 Å². The maximum atomic E-state index is 14.0. The van der Waals surface area contributed by atoms with Crippen molar-refractivity contribution in [2.75, 3.05) is 13.1 Å². The molecule has 2 aliphatic rings. The van der Waals surface area contributed by atoms with Gasteiger partial charge in [-0.15, -0.1) is 5.10 Å².